The molecule has 3 N–H and O–H groups in total. The van der Waals surface area contributed by atoms with Gasteiger partial charge in [0.2, 0.25) is 0 Å². The van der Waals surface area contributed by atoms with Crippen LogP contribution >= 0.6 is 0 Å². The van der Waals surface area contributed by atoms with Crippen LogP contribution in [0, 0.1) is 0 Å². The van der Waals surface area contributed by atoms with E-state index >= 15 is 0 Å². The molecule has 140 valence electrons. The van der Waals surface area contributed by atoms with Crippen molar-refractivity contribution in [3.8, 4) is 5.69 Å². The number of aliphatic hydroxyl groups excluding tert-OH is 1. The van der Waals surface area contributed by atoms with E-state index in [4.69, 9.17) is 15.2 Å². The van der Waals surface area contributed by atoms with E-state index in [-0.39, 0.29) is 12.2 Å². The van der Waals surface area contributed by atoms with Crippen molar-refractivity contribution in [2.75, 3.05) is 13.7 Å². The summed E-state index contributed by atoms with van der Waals surface area (Å²) in [7, 11) is 3.03. The molecule has 0 spiro atoms. The molecule has 0 bridgehead atoms. The van der Waals surface area contributed by atoms with Crippen molar-refractivity contribution in [3.63, 3.8) is 0 Å². The third kappa shape index (κ3) is 3.36. The van der Waals surface area contributed by atoms with Gasteiger partial charge in [-0.25, -0.2) is 9.36 Å². The number of fused-ring (bicyclic) bond motifs is 1. The summed E-state index contributed by atoms with van der Waals surface area (Å²) in [6, 6.07) is 6.41. The van der Waals surface area contributed by atoms with Gasteiger partial charge in [0.25, 0.3) is 5.56 Å². The summed E-state index contributed by atoms with van der Waals surface area (Å²) in [5, 5.41) is 9.59. The van der Waals surface area contributed by atoms with Crippen LogP contribution in [0.3, 0.4) is 0 Å². The lowest BCUT2D eigenvalue weighted by molar-refractivity contribution is -0.0890. The maximum absolute atomic E-state index is 12.8. The molecule has 2 atom stereocenters. The summed E-state index contributed by atoms with van der Waals surface area (Å²) in [6.07, 6.45) is -0.152. The average Bonchev–Trinajstić information content (AvgIpc) is 2.67. The zero-order valence-electron chi connectivity index (χ0n) is 14.8. The third-order valence-electron chi connectivity index (χ3n) is 4.70. The molecule has 1 unspecified atom stereocenters. The fourth-order valence-corrected chi connectivity index (χ4v) is 3.15. The molecule has 0 fully saturated rings. The Bertz CT molecular complexity index is 901. The molecule has 1 aromatic carbocycles. The number of methoxy groups -OCH3 is 1. The second kappa shape index (κ2) is 7.55. The smallest absolute Gasteiger partial charge is 0.335 e. The first-order chi connectivity index (χ1) is 12.4. The van der Waals surface area contributed by atoms with Crippen LogP contribution in [0.25, 0.3) is 5.69 Å². The molecule has 0 saturated carbocycles. The first kappa shape index (κ1) is 18.5. The highest BCUT2D eigenvalue weighted by atomic mass is 16.6. The number of nitrogens with zero attached hydrogens (tertiary/aromatic N) is 2. The molecule has 1 aliphatic rings. The number of hydrogen-bond acceptors (Lipinski definition) is 6. The van der Waals surface area contributed by atoms with Crippen LogP contribution in [-0.2, 0) is 36.0 Å². The van der Waals surface area contributed by atoms with Gasteiger partial charge in [-0.1, -0.05) is 12.1 Å². The molecule has 3 rings (SSSR count). The van der Waals surface area contributed by atoms with Crippen molar-refractivity contribution in [2.24, 2.45) is 12.8 Å². The van der Waals surface area contributed by atoms with Crippen LogP contribution in [-0.4, -0.2) is 40.3 Å². The van der Waals surface area contributed by atoms with Gasteiger partial charge in [0, 0.05) is 26.1 Å². The Morgan fingerprint density at radius 2 is 2.00 bits per heavy atom. The minimum absolute atomic E-state index is 0.274. The van der Waals surface area contributed by atoms with Crippen molar-refractivity contribution < 1.29 is 14.6 Å². The normalized spacial score (nSPS) is 16.2. The molecule has 8 nitrogen and oxygen atoms in total. The van der Waals surface area contributed by atoms with Gasteiger partial charge in [-0.2, -0.15) is 0 Å². The largest absolute Gasteiger partial charge is 0.375 e. The lowest BCUT2D eigenvalue weighted by Gasteiger charge is -2.20. The Morgan fingerprint density at radius 3 is 2.65 bits per heavy atom. The Hall–Kier alpha value is -2.26. The van der Waals surface area contributed by atoms with E-state index in [1.54, 1.807) is 31.3 Å². The maximum atomic E-state index is 12.8. The number of benzene rings is 1. The molecule has 0 radical (unpaired) electrons. The number of ether oxygens (including phenoxy) is 2. The van der Waals surface area contributed by atoms with E-state index in [9.17, 15) is 14.7 Å². The van der Waals surface area contributed by atoms with E-state index in [0.717, 1.165) is 5.56 Å². The SMILES string of the molecule is COC(O)[C@@H](N)Cc1ccc(-n2c(=O)c3c(n(C)c2=O)COCC3)cc1. The Labute approximate surface area is 150 Å². The van der Waals surface area contributed by atoms with E-state index < -0.39 is 18.0 Å². The van der Waals surface area contributed by atoms with Crippen LogP contribution in [0.15, 0.2) is 33.9 Å². The van der Waals surface area contributed by atoms with Crippen LogP contribution in [0.1, 0.15) is 16.8 Å². The standard InChI is InChI=1S/C18H23N3O5/c1-20-15-10-26-8-7-13(15)16(22)21(18(20)24)12-5-3-11(4-6-12)9-14(19)17(23)25-2/h3-6,14,17,23H,7-10,19H2,1-2H3/t14-,17?/m0/s1. The molecular weight excluding hydrogens is 338 g/mol. The molecule has 1 aliphatic heterocycles. The van der Waals surface area contributed by atoms with Gasteiger partial charge in [0.05, 0.1) is 30.6 Å². The van der Waals surface area contributed by atoms with E-state index in [0.29, 0.717) is 36.4 Å². The second-order valence-corrected chi connectivity index (χ2v) is 6.37. The molecule has 2 heterocycles. The summed E-state index contributed by atoms with van der Waals surface area (Å²) in [5.41, 5.74) is 7.77. The number of aromatic nitrogens is 2. The fourth-order valence-electron chi connectivity index (χ4n) is 3.15. The van der Waals surface area contributed by atoms with Crippen molar-refractivity contribution in [1.82, 2.24) is 9.13 Å². The van der Waals surface area contributed by atoms with Crippen molar-refractivity contribution in [3.05, 3.63) is 61.9 Å². The number of aliphatic hydroxyl groups is 1. The van der Waals surface area contributed by atoms with Crippen LogP contribution in [0.4, 0.5) is 0 Å². The zero-order valence-corrected chi connectivity index (χ0v) is 14.8. The predicted molar refractivity (Wildman–Crippen MR) is 95.3 cm³/mol. The summed E-state index contributed by atoms with van der Waals surface area (Å²) in [4.78, 5) is 25.5. The quantitative estimate of drug-likeness (QED) is 0.692. The van der Waals surface area contributed by atoms with Gasteiger partial charge in [0.15, 0.2) is 6.29 Å². The van der Waals surface area contributed by atoms with Crippen molar-refractivity contribution in [1.29, 1.82) is 0 Å². The van der Waals surface area contributed by atoms with Gasteiger partial charge in [-0.05, 0) is 24.1 Å². The Kier molecular flexibility index (Phi) is 5.38. The lowest BCUT2D eigenvalue weighted by atomic mass is 10.1. The van der Waals surface area contributed by atoms with Crippen LogP contribution < -0.4 is 17.0 Å². The molecule has 2 aromatic rings. The molecule has 0 amide bonds. The molecule has 1 aromatic heterocycles. The van der Waals surface area contributed by atoms with Crippen LogP contribution in [0.2, 0.25) is 0 Å². The summed E-state index contributed by atoms with van der Waals surface area (Å²) in [6.45, 7) is 0.745. The number of rotatable bonds is 5. The Balaban J connectivity index is 1.96. The van der Waals surface area contributed by atoms with Crippen molar-refractivity contribution in [2.45, 2.75) is 31.8 Å². The molecule has 8 heteroatoms. The highest BCUT2D eigenvalue weighted by Crippen LogP contribution is 2.13. The molecular formula is C18H23N3O5. The number of nitrogens with two attached hydrogens (primary N) is 1. The van der Waals surface area contributed by atoms with Gasteiger partial charge >= 0.3 is 5.69 Å². The average molecular weight is 361 g/mol. The Morgan fingerprint density at radius 1 is 1.31 bits per heavy atom. The van der Waals surface area contributed by atoms with E-state index in [1.807, 2.05) is 0 Å². The zero-order chi connectivity index (χ0) is 18.8. The van der Waals surface area contributed by atoms with Crippen molar-refractivity contribution >= 4 is 0 Å². The first-order valence-corrected chi connectivity index (χ1v) is 8.41. The highest BCUT2D eigenvalue weighted by Gasteiger charge is 2.21. The minimum atomic E-state index is -1.05. The van der Waals surface area contributed by atoms with Gasteiger partial charge < -0.3 is 20.3 Å². The second-order valence-electron chi connectivity index (χ2n) is 6.37. The predicted octanol–water partition coefficient (Wildman–Crippen LogP) is -0.556. The van der Waals surface area contributed by atoms with Crippen LogP contribution in [0.5, 0.6) is 0 Å². The summed E-state index contributed by atoms with van der Waals surface area (Å²) < 4.78 is 12.8. The van der Waals surface area contributed by atoms with Gasteiger partial charge in [-0.3, -0.25) is 9.36 Å². The van der Waals surface area contributed by atoms with Gasteiger partial charge in [-0.15, -0.1) is 0 Å². The monoisotopic (exact) mass is 361 g/mol. The van der Waals surface area contributed by atoms with Gasteiger partial charge in [0.1, 0.15) is 0 Å². The fraction of sp³-hybridized carbons (Fsp3) is 0.444. The molecule has 26 heavy (non-hydrogen) atoms. The minimum Gasteiger partial charge on any atom is -0.375 e. The topological polar surface area (TPSA) is 109 Å². The van der Waals surface area contributed by atoms with E-state index in [1.165, 1.54) is 16.2 Å². The third-order valence-corrected chi connectivity index (χ3v) is 4.70. The first-order valence-electron chi connectivity index (χ1n) is 8.41. The lowest BCUT2D eigenvalue weighted by Crippen LogP contribution is -2.43. The highest BCUT2D eigenvalue weighted by molar-refractivity contribution is 5.36. The summed E-state index contributed by atoms with van der Waals surface area (Å²) in [5.74, 6) is 0. The summed E-state index contributed by atoms with van der Waals surface area (Å²) >= 11 is 0. The molecule has 0 aliphatic carbocycles. The van der Waals surface area contributed by atoms with E-state index in [2.05, 4.69) is 0 Å². The maximum Gasteiger partial charge on any atom is 0.335 e. The molecule has 0 saturated heterocycles. The number of hydrogen-bond donors (Lipinski definition) is 2.